The summed E-state index contributed by atoms with van der Waals surface area (Å²) in [5.74, 6) is 1.43. The Hall–Kier alpha value is -2.53. The Labute approximate surface area is 144 Å². The largest absolute Gasteiger partial charge is 0.441 e. The summed E-state index contributed by atoms with van der Waals surface area (Å²) in [5, 5.41) is 0.561. The highest BCUT2D eigenvalue weighted by molar-refractivity contribution is 6.31. The van der Waals surface area contributed by atoms with Crippen LogP contribution in [-0.2, 0) is 20.0 Å². The average Bonchev–Trinajstić information content (AvgIpc) is 3.17. The Kier molecular flexibility index (Phi) is 3.65. The SMILES string of the molecule is Cn1cc(Cl)cc1C(=O)N1CCc2oc(-c3ccccc3)nc2C1. The van der Waals surface area contributed by atoms with Crippen LogP contribution >= 0.6 is 11.6 Å². The van der Waals surface area contributed by atoms with E-state index in [4.69, 9.17) is 16.0 Å². The molecule has 6 heteroatoms. The molecule has 0 saturated heterocycles. The van der Waals surface area contributed by atoms with Crippen LogP contribution in [0, 0.1) is 0 Å². The van der Waals surface area contributed by atoms with Crippen LogP contribution in [0.3, 0.4) is 0 Å². The predicted octanol–water partition coefficient (Wildman–Crippen LogP) is 3.53. The fourth-order valence-corrected chi connectivity index (χ4v) is 3.22. The summed E-state index contributed by atoms with van der Waals surface area (Å²) >= 11 is 5.98. The average molecular weight is 342 g/mol. The van der Waals surface area contributed by atoms with E-state index < -0.39 is 0 Å². The maximum absolute atomic E-state index is 12.7. The molecule has 0 fully saturated rings. The Morgan fingerprint density at radius 1 is 1.29 bits per heavy atom. The third-order valence-corrected chi connectivity index (χ3v) is 4.43. The molecule has 0 N–H and O–H groups in total. The van der Waals surface area contributed by atoms with Crippen LogP contribution in [0.2, 0.25) is 5.02 Å². The van der Waals surface area contributed by atoms with Crippen molar-refractivity contribution in [3.8, 4) is 11.5 Å². The van der Waals surface area contributed by atoms with Gasteiger partial charge < -0.3 is 13.9 Å². The molecule has 0 aliphatic carbocycles. The second-order valence-electron chi connectivity index (χ2n) is 5.89. The topological polar surface area (TPSA) is 51.3 Å². The summed E-state index contributed by atoms with van der Waals surface area (Å²) in [4.78, 5) is 19.1. The van der Waals surface area contributed by atoms with Gasteiger partial charge in [0.25, 0.3) is 5.91 Å². The van der Waals surface area contributed by atoms with Gasteiger partial charge in [-0.2, -0.15) is 0 Å². The molecule has 0 atom stereocenters. The summed E-state index contributed by atoms with van der Waals surface area (Å²) in [6.45, 7) is 1.06. The minimum atomic E-state index is -0.0423. The number of benzene rings is 1. The number of hydrogen-bond donors (Lipinski definition) is 0. The molecule has 1 aromatic carbocycles. The van der Waals surface area contributed by atoms with Gasteiger partial charge in [0.2, 0.25) is 5.89 Å². The molecule has 3 aromatic rings. The molecule has 1 aliphatic rings. The summed E-state index contributed by atoms with van der Waals surface area (Å²) in [5.41, 5.74) is 2.35. The van der Waals surface area contributed by atoms with Gasteiger partial charge >= 0.3 is 0 Å². The third-order valence-electron chi connectivity index (χ3n) is 4.23. The maximum atomic E-state index is 12.7. The van der Waals surface area contributed by atoms with Gasteiger partial charge in [0, 0.05) is 31.8 Å². The Balaban J connectivity index is 1.59. The molecule has 0 spiro atoms. The number of amides is 1. The van der Waals surface area contributed by atoms with Crippen molar-refractivity contribution < 1.29 is 9.21 Å². The van der Waals surface area contributed by atoms with Gasteiger partial charge in [0.1, 0.15) is 17.1 Å². The van der Waals surface area contributed by atoms with Crippen LogP contribution in [0.15, 0.2) is 47.0 Å². The van der Waals surface area contributed by atoms with Crippen molar-refractivity contribution in [1.82, 2.24) is 14.5 Å². The molecular formula is C18H16ClN3O2. The number of aromatic nitrogens is 2. The first-order chi connectivity index (χ1) is 11.6. The molecule has 5 nitrogen and oxygen atoms in total. The number of hydrogen-bond acceptors (Lipinski definition) is 3. The molecule has 122 valence electrons. The van der Waals surface area contributed by atoms with Gasteiger partial charge in [-0.05, 0) is 18.2 Å². The van der Waals surface area contributed by atoms with Gasteiger partial charge in [-0.1, -0.05) is 29.8 Å². The quantitative estimate of drug-likeness (QED) is 0.716. The molecule has 2 aromatic heterocycles. The lowest BCUT2D eigenvalue weighted by Crippen LogP contribution is -2.36. The Morgan fingerprint density at radius 3 is 2.79 bits per heavy atom. The number of nitrogens with zero attached hydrogens (tertiary/aromatic N) is 3. The van der Waals surface area contributed by atoms with Gasteiger partial charge in [-0.15, -0.1) is 0 Å². The van der Waals surface area contributed by atoms with E-state index >= 15 is 0 Å². The van der Waals surface area contributed by atoms with E-state index in [1.165, 1.54) is 0 Å². The minimum absolute atomic E-state index is 0.0423. The lowest BCUT2D eigenvalue weighted by Gasteiger charge is -2.25. The molecule has 24 heavy (non-hydrogen) atoms. The van der Waals surface area contributed by atoms with E-state index in [9.17, 15) is 4.79 Å². The van der Waals surface area contributed by atoms with E-state index in [1.54, 1.807) is 21.7 Å². The van der Waals surface area contributed by atoms with Crippen molar-refractivity contribution >= 4 is 17.5 Å². The van der Waals surface area contributed by atoms with E-state index in [0.29, 0.717) is 36.1 Å². The molecule has 0 unspecified atom stereocenters. The molecule has 1 aliphatic heterocycles. The normalized spacial score (nSPS) is 13.8. The van der Waals surface area contributed by atoms with Crippen molar-refractivity contribution in [3.05, 3.63) is 64.8 Å². The summed E-state index contributed by atoms with van der Waals surface area (Å²) < 4.78 is 7.63. The number of carbonyl (C=O) groups excluding carboxylic acids is 1. The van der Waals surface area contributed by atoms with Crippen LogP contribution in [-0.4, -0.2) is 26.9 Å². The molecular weight excluding hydrogens is 326 g/mol. The van der Waals surface area contributed by atoms with Crippen LogP contribution in [0.25, 0.3) is 11.5 Å². The fraction of sp³-hybridized carbons (Fsp3) is 0.222. The van der Waals surface area contributed by atoms with E-state index in [0.717, 1.165) is 17.0 Å². The van der Waals surface area contributed by atoms with Crippen molar-refractivity contribution in [2.75, 3.05) is 6.54 Å². The summed E-state index contributed by atoms with van der Waals surface area (Å²) in [6.07, 6.45) is 2.40. The predicted molar refractivity (Wildman–Crippen MR) is 90.8 cm³/mol. The minimum Gasteiger partial charge on any atom is -0.441 e. The molecule has 0 saturated carbocycles. The summed E-state index contributed by atoms with van der Waals surface area (Å²) in [6, 6.07) is 11.5. The summed E-state index contributed by atoms with van der Waals surface area (Å²) in [7, 11) is 1.82. The highest BCUT2D eigenvalue weighted by Gasteiger charge is 2.27. The van der Waals surface area contributed by atoms with Crippen molar-refractivity contribution in [1.29, 1.82) is 0 Å². The van der Waals surface area contributed by atoms with Crippen LogP contribution in [0.1, 0.15) is 21.9 Å². The molecule has 0 radical (unpaired) electrons. The fourth-order valence-electron chi connectivity index (χ4n) is 2.97. The van der Waals surface area contributed by atoms with Gasteiger partial charge in [0.05, 0.1) is 11.6 Å². The lowest BCUT2D eigenvalue weighted by atomic mass is 10.1. The first-order valence-corrected chi connectivity index (χ1v) is 8.15. The van der Waals surface area contributed by atoms with E-state index in [2.05, 4.69) is 4.98 Å². The zero-order valence-electron chi connectivity index (χ0n) is 13.2. The number of carbonyl (C=O) groups is 1. The van der Waals surface area contributed by atoms with E-state index in [-0.39, 0.29) is 5.91 Å². The smallest absolute Gasteiger partial charge is 0.270 e. The maximum Gasteiger partial charge on any atom is 0.270 e. The number of aryl methyl sites for hydroxylation is 1. The van der Waals surface area contributed by atoms with Crippen LogP contribution < -0.4 is 0 Å². The van der Waals surface area contributed by atoms with Crippen molar-refractivity contribution in [3.63, 3.8) is 0 Å². The second-order valence-corrected chi connectivity index (χ2v) is 6.32. The molecule has 1 amide bonds. The van der Waals surface area contributed by atoms with Crippen LogP contribution in [0.4, 0.5) is 0 Å². The highest BCUT2D eigenvalue weighted by atomic mass is 35.5. The third kappa shape index (κ3) is 2.61. The second kappa shape index (κ2) is 5.83. The number of oxazole rings is 1. The van der Waals surface area contributed by atoms with Gasteiger partial charge in [0.15, 0.2) is 0 Å². The van der Waals surface area contributed by atoms with Crippen molar-refractivity contribution in [2.24, 2.45) is 7.05 Å². The Morgan fingerprint density at radius 2 is 2.08 bits per heavy atom. The van der Waals surface area contributed by atoms with Crippen LogP contribution in [0.5, 0.6) is 0 Å². The lowest BCUT2D eigenvalue weighted by molar-refractivity contribution is 0.0718. The monoisotopic (exact) mass is 341 g/mol. The van der Waals surface area contributed by atoms with Gasteiger partial charge in [-0.3, -0.25) is 4.79 Å². The zero-order chi connectivity index (χ0) is 16.7. The van der Waals surface area contributed by atoms with E-state index in [1.807, 2.05) is 37.4 Å². The zero-order valence-corrected chi connectivity index (χ0v) is 14.0. The highest BCUT2D eigenvalue weighted by Crippen LogP contribution is 2.27. The first-order valence-electron chi connectivity index (χ1n) is 7.77. The standard InChI is InChI=1S/C18H16ClN3O2/c1-21-10-13(19)9-15(21)18(23)22-8-7-16-14(11-22)20-17(24-16)12-5-3-2-4-6-12/h2-6,9-10H,7-8,11H2,1H3. The number of rotatable bonds is 2. The van der Waals surface area contributed by atoms with Gasteiger partial charge in [-0.25, -0.2) is 4.98 Å². The Bertz CT molecular complexity index is 898. The molecule has 0 bridgehead atoms. The molecule has 3 heterocycles. The van der Waals surface area contributed by atoms with Crippen molar-refractivity contribution in [2.45, 2.75) is 13.0 Å². The first kappa shape index (κ1) is 15.0. The molecule has 4 rings (SSSR count). The number of halogens is 1. The number of fused-ring (bicyclic) bond motifs is 1.